The first kappa shape index (κ1) is 16.4. The maximum absolute atomic E-state index is 12.9. The van der Waals surface area contributed by atoms with Gasteiger partial charge in [-0.3, -0.25) is 9.36 Å². The smallest absolute Gasteiger partial charge is 0.278 e. The Morgan fingerprint density at radius 2 is 2.16 bits per heavy atom. The van der Waals surface area contributed by atoms with E-state index >= 15 is 0 Å². The van der Waals surface area contributed by atoms with Crippen molar-refractivity contribution in [2.75, 3.05) is 19.0 Å². The number of fused-ring (bicyclic) bond motifs is 3. The average molecular weight is 357 g/mol. The fraction of sp³-hybridized carbons (Fsp3) is 0.333. The van der Waals surface area contributed by atoms with Gasteiger partial charge in [-0.15, -0.1) is 6.58 Å². The summed E-state index contributed by atoms with van der Waals surface area (Å²) >= 11 is 1.54. The van der Waals surface area contributed by atoms with Crippen LogP contribution in [0.5, 0.6) is 0 Å². The van der Waals surface area contributed by atoms with Crippen LogP contribution in [0.2, 0.25) is 0 Å². The van der Waals surface area contributed by atoms with Gasteiger partial charge in [-0.1, -0.05) is 36.0 Å². The number of nitrogens with zero attached hydrogens (tertiary/aromatic N) is 2. The van der Waals surface area contributed by atoms with E-state index < -0.39 is 0 Å². The first-order valence-corrected chi connectivity index (χ1v) is 9.24. The zero-order valence-electron chi connectivity index (χ0n) is 13.7. The zero-order chi connectivity index (χ0) is 17.2. The van der Waals surface area contributed by atoms with Crippen molar-refractivity contribution in [3.8, 4) is 0 Å². The molecule has 1 aromatic carbocycles. The molecule has 0 unspecified atom stereocenters. The standard InChI is InChI=1S/C18H19N3O3S/c1-2-8-21-17(22)16-15(12-5-3-4-6-13(12)19-16)20-18(21)25-11-7-14-23-9-10-24-14/h2-6,14,19H,1,7-11H2. The van der Waals surface area contributed by atoms with Crippen LogP contribution in [0.3, 0.4) is 0 Å². The lowest BCUT2D eigenvalue weighted by molar-refractivity contribution is -0.0421. The Morgan fingerprint density at radius 3 is 2.96 bits per heavy atom. The maximum Gasteiger partial charge on any atom is 0.278 e. The highest BCUT2D eigenvalue weighted by Crippen LogP contribution is 2.25. The van der Waals surface area contributed by atoms with E-state index in [1.165, 1.54) is 0 Å². The molecule has 1 saturated heterocycles. The second-order valence-electron chi connectivity index (χ2n) is 5.80. The summed E-state index contributed by atoms with van der Waals surface area (Å²) in [6.45, 7) is 5.48. The lowest BCUT2D eigenvalue weighted by Crippen LogP contribution is -2.23. The minimum absolute atomic E-state index is 0.0723. The van der Waals surface area contributed by atoms with Crippen molar-refractivity contribution in [3.05, 3.63) is 47.3 Å². The lowest BCUT2D eigenvalue weighted by atomic mass is 10.2. The van der Waals surface area contributed by atoms with E-state index in [1.54, 1.807) is 22.4 Å². The lowest BCUT2D eigenvalue weighted by Gasteiger charge is -2.11. The number of thioether (sulfide) groups is 1. The van der Waals surface area contributed by atoms with Gasteiger partial charge in [0.15, 0.2) is 11.4 Å². The van der Waals surface area contributed by atoms with Crippen molar-refractivity contribution in [2.24, 2.45) is 0 Å². The quantitative estimate of drug-likeness (QED) is 0.417. The number of nitrogens with one attached hydrogen (secondary N) is 1. The molecule has 0 amide bonds. The van der Waals surface area contributed by atoms with Gasteiger partial charge in [0.05, 0.1) is 13.2 Å². The summed E-state index contributed by atoms with van der Waals surface area (Å²) in [4.78, 5) is 20.9. The summed E-state index contributed by atoms with van der Waals surface area (Å²) in [5, 5.41) is 1.66. The SMILES string of the molecule is C=CCn1c(SCCC2OCCO2)nc2c([nH]c3ccccc32)c1=O. The summed E-state index contributed by atoms with van der Waals surface area (Å²) in [5.41, 5.74) is 2.10. The van der Waals surface area contributed by atoms with E-state index in [1.807, 2.05) is 24.3 Å². The minimum Gasteiger partial charge on any atom is -0.350 e. The number of hydrogen-bond acceptors (Lipinski definition) is 5. The largest absolute Gasteiger partial charge is 0.350 e. The molecule has 1 aliphatic heterocycles. The molecule has 1 N–H and O–H groups in total. The van der Waals surface area contributed by atoms with Crippen molar-refractivity contribution < 1.29 is 9.47 Å². The topological polar surface area (TPSA) is 69.1 Å². The van der Waals surface area contributed by atoms with Crippen molar-refractivity contribution >= 4 is 33.7 Å². The Balaban J connectivity index is 1.72. The monoisotopic (exact) mass is 357 g/mol. The summed E-state index contributed by atoms with van der Waals surface area (Å²) < 4.78 is 12.6. The minimum atomic E-state index is -0.149. The Labute approximate surface area is 148 Å². The molecule has 4 rings (SSSR count). The van der Waals surface area contributed by atoms with Gasteiger partial charge in [-0.25, -0.2) is 4.98 Å². The van der Waals surface area contributed by atoms with Crippen LogP contribution in [0.15, 0.2) is 46.9 Å². The van der Waals surface area contributed by atoms with Gasteiger partial charge >= 0.3 is 0 Å². The van der Waals surface area contributed by atoms with E-state index in [4.69, 9.17) is 14.5 Å². The van der Waals surface area contributed by atoms with Gasteiger partial charge in [0, 0.05) is 29.6 Å². The number of rotatable bonds is 6. The molecule has 3 heterocycles. The highest BCUT2D eigenvalue weighted by atomic mass is 32.2. The molecule has 0 radical (unpaired) electrons. The molecule has 0 atom stereocenters. The second-order valence-corrected chi connectivity index (χ2v) is 6.86. The molecule has 1 fully saturated rings. The molecule has 6 nitrogen and oxygen atoms in total. The molecule has 0 spiro atoms. The van der Waals surface area contributed by atoms with Crippen LogP contribution in [-0.4, -0.2) is 39.8 Å². The Bertz CT molecular complexity index is 973. The predicted molar refractivity (Wildman–Crippen MR) is 99.1 cm³/mol. The van der Waals surface area contributed by atoms with Crippen molar-refractivity contribution in [1.29, 1.82) is 0 Å². The molecule has 7 heteroatoms. The first-order valence-electron chi connectivity index (χ1n) is 8.26. The third-order valence-electron chi connectivity index (χ3n) is 4.16. The van der Waals surface area contributed by atoms with Crippen LogP contribution in [0, 0.1) is 0 Å². The van der Waals surface area contributed by atoms with E-state index in [0.29, 0.717) is 30.4 Å². The number of allylic oxidation sites excluding steroid dienone is 1. The van der Waals surface area contributed by atoms with Gasteiger partial charge < -0.3 is 14.5 Å². The van der Waals surface area contributed by atoms with Crippen molar-refractivity contribution in [3.63, 3.8) is 0 Å². The Morgan fingerprint density at radius 1 is 1.36 bits per heavy atom. The number of H-pyrrole nitrogens is 1. The molecule has 2 aromatic heterocycles. The molecular weight excluding hydrogens is 338 g/mol. The highest BCUT2D eigenvalue weighted by molar-refractivity contribution is 7.99. The number of aromatic nitrogens is 3. The first-order chi connectivity index (χ1) is 12.3. The van der Waals surface area contributed by atoms with Crippen molar-refractivity contribution in [1.82, 2.24) is 14.5 Å². The number of para-hydroxylation sites is 1. The molecule has 130 valence electrons. The van der Waals surface area contributed by atoms with Gasteiger partial charge in [-0.05, 0) is 6.07 Å². The van der Waals surface area contributed by atoms with Crippen LogP contribution >= 0.6 is 11.8 Å². The van der Waals surface area contributed by atoms with Gasteiger partial charge in [0.2, 0.25) is 0 Å². The molecule has 3 aromatic rings. The maximum atomic E-state index is 12.9. The fourth-order valence-electron chi connectivity index (χ4n) is 3.00. The van der Waals surface area contributed by atoms with Gasteiger partial charge in [0.1, 0.15) is 11.0 Å². The number of benzene rings is 1. The summed E-state index contributed by atoms with van der Waals surface area (Å²) in [7, 11) is 0. The van der Waals surface area contributed by atoms with E-state index in [-0.39, 0.29) is 11.8 Å². The van der Waals surface area contributed by atoms with E-state index in [0.717, 1.165) is 28.6 Å². The molecule has 25 heavy (non-hydrogen) atoms. The van der Waals surface area contributed by atoms with Gasteiger partial charge in [-0.2, -0.15) is 0 Å². The number of hydrogen-bond donors (Lipinski definition) is 1. The van der Waals surface area contributed by atoms with Crippen LogP contribution in [0.25, 0.3) is 21.9 Å². The second kappa shape index (κ2) is 7.03. The normalized spacial score (nSPS) is 15.4. The molecule has 0 bridgehead atoms. The average Bonchev–Trinajstić information content (AvgIpc) is 3.26. The Hall–Kier alpha value is -2.09. The molecule has 1 aliphatic rings. The highest BCUT2D eigenvalue weighted by Gasteiger charge is 2.18. The molecule has 0 saturated carbocycles. The summed E-state index contributed by atoms with van der Waals surface area (Å²) in [5.74, 6) is 0.766. The molecule has 0 aliphatic carbocycles. The molecular formula is C18H19N3O3S. The van der Waals surface area contributed by atoms with E-state index in [2.05, 4.69) is 11.6 Å². The third kappa shape index (κ3) is 3.10. The Kier molecular flexibility index (Phi) is 4.61. The van der Waals surface area contributed by atoms with Crippen LogP contribution in [0.4, 0.5) is 0 Å². The van der Waals surface area contributed by atoms with Crippen LogP contribution < -0.4 is 5.56 Å². The van der Waals surface area contributed by atoms with Crippen molar-refractivity contribution in [2.45, 2.75) is 24.4 Å². The third-order valence-corrected chi connectivity index (χ3v) is 5.17. The summed E-state index contributed by atoms with van der Waals surface area (Å²) in [6, 6.07) is 7.83. The summed E-state index contributed by atoms with van der Waals surface area (Å²) in [6.07, 6.45) is 2.33. The number of aromatic amines is 1. The van der Waals surface area contributed by atoms with Crippen LogP contribution in [-0.2, 0) is 16.0 Å². The zero-order valence-corrected chi connectivity index (χ0v) is 14.6. The van der Waals surface area contributed by atoms with Crippen LogP contribution in [0.1, 0.15) is 6.42 Å². The van der Waals surface area contributed by atoms with Gasteiger partial charge in [0.25, 0.3) is 5.56 Å². The number of ether oxygens (including phenoxy) is 2. The fourth-order valence-corrected chi connectivity index (χ4v) is 3.96. The van der Waals surface area contributed by atoms with E-state index in [9.17, 15) is 4.79 Å². The predicted octanol–water partition coefficient (Wildman–Crippen LogP) is 2.92.